The number of rotatable bonds is 5. The second-order valence-electron chi connectivity index (χ2n) is 7.71. The predicted octanol–water partition coefficient (Wildman–Crippen LogP) is 3.22. The first-order valence-corrected chi connectivity index (χ1v) is 9.43. The van der Waals surface area contributed by atoms with Crippen LogP contribution in [0.4, 0.5) is 13.2 Å². The highest BCUT2D eigenvalue weighted by Crippen LogP contribution is 2.43. The zero-order valence-corrected chi connectivity index (χ0v) is 15.7. The number of carbonyl (C=O) groups excluding carboxylic acids is 1. The Balaban J connectivity index is 1.71. The molecule has 0 spiro atoms. The van der Waals surface area contributed by atoms with Gasteiger partial charge in [0, 0.05) is 31.5 Å². The van der Waals surface area contributed by atoms with Crippen LogP contribution in [0.25, 0.3) is 0 Å². The van der Waals surface area contributed by atoms with Crippen LogP contribution in [0, 0.1) is 17.3 Å². The van der Waals surface area contributed by atoms with E-state index in [0.717, 1.165) is 12.1 Å². The molecule has 1 N–H and O–H groups in total. The molecule has 1 aromatic rings. The van der Waals surface area contributed by atoms with E-state index in [-0.39, 0.29) is 18.4 Å². The van der Waals surface area contributed by atoms with Crippen molar-refractivity contribution in [3.63, 3.8) is 0 Å². The van der Waals surface area contributed by atoms with Gasteiger partial charge in [-0.3, -0.25) is 9.59 Å². The summed E-state index contributed by atoms with van der Waals surface area (Å²) in [5, 5.41) is 9.74. The van der Waals surface area contributed by atoms with Crippen LogP contribution >= 0.6 is 0 Å². The van der Waals surface area contributed by atoms with Crippen molar-refractivity contribution in [2.24, 2.45) is 17.3 Å². The average molecular weight is 399 g/mol. The van der Waals surface area contributed by atoms with E-state index in [1.54, 1.807) is 4.90 Å². The third-order valence-electron chi connectivity index (χ3n) is 6.05. The second kappa shape index (κ2) is 7.73. The Hall–Kier alpha value is -2.09. The van der Waals surface area contributed by atoms with Crippen LogP contribution in [0.3, 0.4) is 0 Å². The SMILES string of the molecule is CCC(Cc1ccc(C(F)(F)F)cc1)C(=O)N1C[C@H]2COCC[C@@]2(C(=O)O)C1. The smallest absolute Gasteiger partial charge is 0.416 e. The Morgan fingerprint density at radius 1 is 1.32 bits per heavy atom. The third-order valence-corrected chi connectivity index (χ3v) is 6.05. The summed E-state index contributed by atoms with van der Waals surface area (Å²) in [5.41, 5.74) is -1.02. The molecule has 0 radical (unpaired) electrons. The Kier molecular flexibility index (Phi) is 5.70. The zero-order chi connectivity index (χ0) is 20.5. The Bertz CT molecular complexity index is 734. The lowest BCUT2D eigenvalue weighted by molar-refractivity contribution is -0.157. The van der Waals surface area contributed by atoms with Crippen LogP contribution in [0.5, 0.6) is 0 Å². The lowest BCUT2D eigenvalue weighted by Gasteiger charge is -2.34. The molecule has 2 saturated heterocycles. The zero-order valence-electron chi connectivity index (χ0n) is 15.7. The summed E-state index contributed by atoms with van der Waals surface area (Å²) in [5.74, 6) is -1.67. The molecule has 28 heavy (non-hydrogen) atoms. The third kappa shape index (κ3) is 3.87. The quantitative estimate of drug-likeness (QED) is 0.826. The number of likely N-dealkylation sites (tertiary alicyclic amines) is 1. The highest BCUT2D eigenvalue weighted by atomic mass is 19.4. The van der Waals surface area contributed by atoms with Crippen molar-refractivity contribution in [2.45, 2.75) is 32.4 Å². The highest BCUT2D eigenvalue weighted by Gasteiger charge is 2.55. The number of carboxylic acid groups (broad SMARTS) is 1. The molecule has 0 aliphatic carbocycles. The Morgan fingerprint density at radius 3 is 2.54 bits per heavy atom. The number of aliphatic carboxylic acids is 1. The maximum absolute atomic E-state index is 13.0. The number of nitrogens with zero attached hydrogens (tertiary/aromatic N) is 1. The number of hydrogen-bond acceptors (Lipinski definition) is 3. The first-order valence-electron chi connectivity index (χ1n) is 9.43. The topological polar surface area (TPSA) is 66.8 Å². The molecular formula is C20H24F3NO4. The van der Waals surface area contributed by atoms with Crippen LogP contribution in [0.1, 0.15) is 30.9 Å². The van der Waals surface area contributed by atoms with E-state index in [1.807, 2.05) is 6.92 Å². The highest BCUT2D eigenvalue weighted by molar-refractivity contribution is 5.83. The molecule has 5 nitrogen and oxygen atoms in total. The molecule has 8 heteroatoms. The van der Waals surface area contributed by atoms with Gasteiger partial charge in [-0.05, 0) is 37.0 Å². The fourth-order valence-electron chi connectivity index (χ4n) is 4.25. The summed E-state index contributed by atoms with van der Waals surface area (Å²) in [6.45, 7) is 3.05. The molecular weight excluding hydrogens is 375 g/mol. The van der Waals surface area contributed by atoms with Gasteiger partial charge < -0.3 is 14.7 Å². The van der Waals surface area contributed by atoms with Crippen molar-refractivity contribution in [3.05, 3.63) is 35.4 Å². The summed E-state index contributed by atoms with van der Waals surface area (Å²) >= 11 is 0. The van der Waals surface area contributed by atoms with Gasteiger partial charge >= 0.3 is 12.1 Å². The lowest BCUT2D eigenvalue weighted by atomic mass is 9.74. The minimum Gasteiger partial charge on any atom is -0.481 e. The van der Waals surface area contributed by atoms with Gasteiger partial charge in [-0.2, -0.15) is 13.2 Å². The monoisotopic (exact) mass is 399 g/mol. The van der Waals surface area contributed by atoms with Gasteiger partial charge in [-0.25, -0.2) is 0 Å². The Labute approximate surface area is 161 Å². The van der Waals surface area contributed by atoms with Crippen LogP contribution in [-0.2, 0) is 26.9 Å². The number of carboxylic acids is 1. The molecule has 2 fully saturated rings. The van der Waals surface area contributed by atoms with Crippen LogP contribution in [0.2, 0.25) is 0 Å². The number of fused-ring (bicyclic) bond motifs is 1. The molecule has 3 rings (SSSR count). The summed E-state index contributed by atoms with van der Waals surface area (Å²) < 4.78 is 43.5. The molecule has 154 valence electrons. The number of hydrogen-bond donors (Lipinski definition) is 1. The molecule has 0 saturated carbocycles. The van der Waals surface area contributed by atoms with Crippen molar-refractivity contribution in [2.75, 3.05) is 26.3 Å². The van der Waals surface area contributed by atoms with Crippen LogP contribution < -0.4 is 0 Å². The number of amides is 1. The number of carbonyl (C=O) groups is 2. The summed E-state index contributed by atoms with van der Waals surface area (Å²) in [6, 6.07) is 4.84. The van der Waals surface area contributed by atoms with E-state index < -0.39 is 29.0 Å². The molecule has 1 amide bonds. The minimum absolute atomic E-state index is 0.141. The fourth-order valence-corrected chi connectivity index (χ4v) is 4.25. The molecule has 2 aliphatic heterocycles. The molecule has 0 aromatic heterocycles. The van der Waals surface area contributed by atoms with E-state index in [1.165, 1.54) is 12.1 Å². The summed E-state index contributed by atoms with van der Waals surface area (Å²) in [7, 11) is 0. The standard InChI is InChI=1S/C20H24F3NO4/c1-2-14(9-13-3-5-15(6-4-13)20(21,22)23)17(25)24-10-16-11-28-8-7-19(16,12-24)18(26)27/h3-6,14,16H,2,7-12H2,1H3,(H,26,27)/t14?,16-,19+/m0/s1. The predicted molar refractivity (Wildman–Crippen MR) is 94.5 cm³/mol. The largest absolute Gasteiger partial charge is 0.481 e. The van der Waals surface area contributed by atoms with Gasteiger partial charge in [0.1, 0.15) is 0 Å². The Morgan fingerprint density at radius 2 is 2.00 bits per heavy atom. The molecule has 2 heterocycles. The molecule has 0 bridgehead atoms. The van der Waals surface area contributed by atoms with Gasteiger partial charge in [-0.15, -0.1) is 0 Å². The van der Waals surface area contributed by atoms with Crippen molar-refractivity contribution in [1.29, 1.82) is 0 Å². The van der Waals surface area contributed by atoms with Gasteiger partial charge in [0.2, 0.25) is 5.91 Å². The maximum Gasteiger partial charge on any atom is 0.416 e. The fraction of sp³-hybridized carbons (Fsp3) is 0.600. The van der Waals surface area contributed by atoms with Gasteiger partial charge in [0.15, 0.2) is 0 Å². The van der Waals surface area contributed by atoms with E-state index >= 15 is 0 Å². The maximum atomic E-state index is 13.0. The molecule has 3 atom stereocenters. The number of halogens is 3. The van der Waals surface area contributed by atoms with Crippen molar-refractivity contribution in [3.8, 4) is 0 Å². The average Bonchev–Trinajstić information content (AvgIpc) is 3.06. The number of ether oxygens (including phenoxy) is 1. The number of alkyl halides is 3. The van der Waals surface area contributed by atoms with Crippen molar-refractivity contribution >= 4 is 11.9 Å². The van der Waals surface area contributed by atoms with E-state index in [9.17, 15) is 27.9 Å². The lowest BCUT2D eigenvalue weighted by Crippen LogP contribution is -2.45. The summed E-state index contributed by atoms with van der Waals surface area (Å²) in [6.07, 6.45) is -3.16. The van der Waals surface area contributed by atoms with Crippen LogP contribution in [-0.4, -0.2) is 48.2 Å². The van der Waals surface area contributed by atoms with Gasteiger partial charge in [-0.1, -0.05) is 19.1 Å². The minimum atomic E-state index is -4.39. The first kappa shape index (κ1) is 20.6. The molecule has 1 unspecified atom stereocenters. The van der Waals surface area contributed by atoms with E-state index in [2.05, 4.69) is 0 Å². The van der Waals surface area contributed by atoms with Crippen molar-refractivity contribution in [1.82, 2.24) is 4.90 Å². The second-order valence-corrected chi connectivity index (χ2v) is 7.71. The van der Waals surface area contributed by atoms with E-state index in [4.69, 9.17) is 4.74 Å². The van der Waals surface area contributed by atoms with Gasteiger partial charge in [0.25, 0.3) is 0 Å². The number of benzene rings is 1. The van der Waals surface area contributed by atoms with Crippen LogP contribution in [0.15, 0.2) is 24.3 Å². The van der Waals surface area contributed by atoms with E-state index in [0.29, 0.717) is 44.6 Å². The molecule has 1 aromatic carbocycles. The first-order chi connectivity index (χ1) is 13.2. The summed E-state index contributed by atoms with van der Waals surface area (Å²) in [4.78, 5) is 26.5. The van der Waals surface area contributed by atoms with Gasteiger partial charge in [0.05, 0.1) is 17.6 Å². The van der Waals surface area contributed by atoms with Crippen molar-refractivity contribution < 1.29 is 32.6 Å². The normalized spacial score (nSPS) is 26.0. The molecule has 2 aliphatic rings.